The van der Waals surface area contributed by atoms with Gasteiger partial charge in [-0.1, -0.05) is 6.92 Å². The van der Waals surface area contributed by atoms with Gasteiger partial charge in [-0.2, -0.15) is 0 Å². The smallest absolute Gasteiger partial charge is 0.331 e. The molecule has 0 saturated heterocycles. The first-order valence-corrected chi connectivity index (χ1v) is 7.15. The van der Waals surface area contributed by atoms with Gasteiger partial charge in [0.1, 0.15) is 0 Å². The van der Waals surface area contributed by atoms with Gasteiger partial charge in [-0.05, 0) is 6.42 Å². The Labute approximate surface area is 124 Å². The fraction of sp³-hybridized carbons (Fsp3) is 0.714. The van der Waals surface area contributed by atoms with E-state index in [1.54, 1.807) is 7.11 Å². The van der Waals surface area contributed by atoms with Gasteiger partial charge < -0.3 is 18.8 Å². The van der Waals surface area contributed by atoms with Gasteiger partial charge in [0.2, 0.25) is 0 Å². The second kappa shape index (κ2) is 10.3. The first-order valence-electron chi connectivity index (χ1n) is 7.15. The minimum absolute atomic E-state index is 0.250. The van der Waals surface area contributed by atoms with Crippen LogP contribution in [0.2, 0.25) is 0 Å². The van der Waals surface area contributed by atoms with Gasteiger partial charge in [-0.3, -0.25) is 9.36 Å². The molecule has 0 spiro atoms. The Kier molecular flexibility index (Phi) is 8.65. The first kappa shape index (κ1) is 17.6. The van der Waals surface area contributed by atoms with Crippen LogP contribution in [0.25, 0.3) is 0 Å². The van der Waals surface area contributed by atoms with Gasteiger partial charge >= 0.3 is 5.69 Å². The summed E-state index contributed by atoms with van der Waals surface area (Å²) in [5, 5.41) is 0. The summed E-state index contributed by atoms with van der Waals surface area (Å²) >= 11 is 0. The third-order valence-electron chi connectivity index (χ3n) is 2.87. The number of nitrogens with zero attached hydrogens (tertiary/aromatic N) is 2. The fourth-order valence-corrected chi connectivity index (χ4v) is 1.79. The van der Waals surface area contributed by atoms with Crippen LogP contribution in [0, 0.1) is 0 Å². The molecule has 0 N–H and O–H groups in total. The van der Waals surface area contributed by atoms with E-state index in [1.807, 2.05) is 6.92 Å². The monoisotopic (exact) mass is 300 g/mol. The van der Waals surface area contributed by atoms with Crippen molar-refractivity contribution in [2.75, 3.05) is 40.1 Å². The summed E-state index contributed by atoms with van der Waals surface area (Å²) in [5.74, 6) is 0. The maximum Gasteiger partial charge on any atom is 0.331 e. The van der Waals surface area contributed by atoms with E-state index in [4.69, 9.17) is 14.2 Å². The van der Waals surface area contributed by atoms with Crippen molar-refractivity contribution in [1.29, 1.82) is 0 Å². The first-order chi connectivity index (χ1) is 10.2. The van der Waals surface area contributed by atoms with Crippen molar-refractivity contribution in [2.24, 2.45) is 0 Å². The van der Waals surface area contributed by atoms with Crippen molar-refractivity contribution in [2.45, 2.75) is 26.4 Å². The predicted octanol–water partition coefficient (Wildman–Crippen LogP) is 0.0996. The molecule has 0 aliphatic rings. The predicted molar refractivity (Wildman–Crippen MR) is 78.8 cm³/mol. The minimum Gasteiger partial charge on any atom is -0.382 e. The van der Waals surface area contributed by atoms with E-state index < -0.39 is 0 Å². The zero-order chi connectivity index (χ0) is 15.5. The van der Waals surface area contributed by atoms with Crippen molar-refractivity contribution in [3.05, 3.63) is 33.1 Å². The molecule has 0 aliphatic carbocycles. The molecule has 1 rings (SSSR count). The molecule has 0 atom stereocenters. The van der Waals surface area contributed by atoms with Crippen LogP contribution < -0.4 is 11.2 Å². The Morgan fingerprint density at radius 2 is 1.67 bits per heavy atom. The number of methoxy groups -OCH3 is 1. The van der Waals surface area contributed by atoms with E-state index in [1.165, 1.54) is 21.4 Å². The topological polar surface area (TPSA) is 71.7 Å². The average Bonchev–Trinajstić information content (AvgIpc) is 2.48. The Morgan fingerprint density at radius 3 is 2.33 bits per heavy atom. The summed E-state index contributed by atoms with van der Waals surface area (Å²) in [6.45, 7) is 5.11. The fourth-order valence-electron chi connectivity index (χ4n) is 1.79. The van der Waals surface area contributed by atoms with Gasteiger partial charge in [0.15, 0.2) is 0 Å². The summed E-state index contributed by atoms with van der Waals surface area (Å²) in [4.78, 5) is 23.7. The molecule has 7 heteroatoms. The molecule has 21 heavy (non-hydrogen) atoms. The zero-order valence-electron chi connectivity index (χ0n) is 12.7. The summed E-state index contributed by atoms with van der Waals surface area (Å²) in [5.41, 5.74) is -0.586. The molecule has 0 aliphatic heterocycles. The summed E-state index contributed by atoms with van der Waals surface area (Å²) in [7, 11) is 1.61. The van der Waals surface area contributed by atoms with Crippen LogP contribution >= 0.6 is 0 Å². The molecule has 0 aromatic carbocycles. The second-order valence-corrected chi connectivity index (χ2v) is 4.50. The number of aromatic nitrogens is 2. The van der Waals surface area contributed by atoms with Gasteiger partial charge in [0, 0.05) is 25.9 Å². The highest BCUT2D eigenvalue weighted by molar-refractivity contribution is 4.86. The molecule has 0 unspecified atom stereocenters. The Bertz CT molecular complexity index is 509. The van der Waals surface area contributed by atoms with Crippen LogP contribution in [-0.2, 0) is 27.3 Å². The number of hydrogen-bond donors (Lipinski definition) is 0. The maximum absolute atomic E-state index is 12.0. The summed E-state index contributed by atoms with van der Waals surface area (Å²) in [6, 6.07) is 1.41. The minimum atomic E-state index is -0.299. The lowest BCUT2D eigenvalue weighted by atomic mass is 10.4. The molecule has 0 amide bonds. The zero-order valence-corrected chi connectivity index (χ0v) is 12.7. The number of ether oxygens (including phenoxy) is 3. The van der Waals surface area contributed by atoms with Gasteiger partial charge in [0.25, 0.3) is 5.56 Å². The van der Waals surface area contributed by atoms with Crippen LogP contribution in [0.1, 0.15) is 13.3 Å². The normalized spacial score (nSPS) is 11.0. The highest BCUT2D eigenvalue weighted by atomic mass is 16.5. The third-order valence-corrected chi connectivity index (χ3v) is 2.87. The molecule has 1 heterocycles. The molecule has 0 bridgehead atoms. The third kappa shape index (κ3) is 6.24. The molecule has 0 fully saturated rings. The van der Waals surface area contributed by atoms with Crippen LogP contribution in [0.3, 0.4) is 0 Å². The average molecular weight is 300 g/mol. The summed E-state index contributed by atoms with van der Waals surface area (Å²) in [6.07, 6.45) is 2.38. The molecule has 0 saturated carbocycles. The lowest BCUT2D eigenvalue weighted by molar-refractivity contribution is 0.0226. The molecule has 7 nitrogen and oxygen atoms in total. The van der Waals surface area contributed by atoms with Gasteiger partial charge in [0.05, 0.1) is 39.6 Å². The number of hydrogen-bond acceptors (Lipinski definition) is 5. The largest absolute Gasteiger partial charge is 0.382 e. The number of aryl methyl sites for hydroxylation is 1. The highest BCUT2D eigenvalue weighted by Crippen LogP contribution is 1.85. The molecule has 1 aromatic rings. The standard InChI is InChI=1S/C14H24N2O5/c1-3-5-15-6-4-13(17)16(14(15)18)7-8-20-11-12-21-10-9-19-2/h4,6H,3,5,7-12H2,1-2H3. The SMILES string of the molecule is CCCn1ccc(=O)n(CCOCCOCCOC)c1=O. The van der Waals surface area contributed by atoms with Crippen molar-refractivity contribution in [3.63, 3.8) is 0 Å². The van der Waals surface area contributed by atoms with Crippen LogP contribution in [0.15, 0.2) is 21.9 Å². The van der Waals surface area contributed by atoms with E-state index in [-0.39, 0.29) is 17.8 Å². The van der Waals surface area contributed by atoms with E-state index in [9.17, 15) is 9.59 Å². The Balaban J connectivity index is 2.36. The van der Waals surface area contributed by atoms with Gasteiger partial charge in [-0.25, -0.2) is 4.79 Å². The van der Waals surface area contributed by atoms with Crippen molar-refractivity contribution in [1.82, 2.24) is 9.13 Å². The number of rotatable bonds is 11. The lowest BCUT2D eigenvalue weighted by Crippen LogP contribution is -2.40. The van der Waals surface area contributed by atoms with Crippen LogP contribution in [0.5, 0.6) is 0 Å². The Hall–Kier alpha value is -1.44. The maximum atomic E-state index is 12.0. The van der Waals surface area contributed by atoms with Crippen LogP contribution in [0.4, 0.5) is 0 Å². The van der Waals surface area contributed by atoms with E-state index in [0.29, 0.717) is 39.6 Å². The van der Waals surface area contributed by atoms with Crippen LogP contribution in [-0.4, -0.2) is 49.3 Å². The quantitative estimate of drug-likeness (QED) is 0.542. The molecule has 0 radical (unpaired) electrons. The molecular weight excluding hydrogens is 276 g/mol. The van der Waals surface area contributed by atoms with Crippen molar-refractivity contribution in [3.8, 4) is 0 Å². The van der Waals surface area contributed by atoms with E-state index in [0.717, 1.165) is 6.42 Å². The van der Waals surface area contributed by atoms with Gasteiger partial charge in [-0.15, -0.1) is 0 Å². The van der Waals surface area contributed by atoms with Crippen molar-refractivity contribution >= 4 is 0 Å². The highest BCUT2D eigenvalue weighted by Gasteiger charge is 2.04. The second-order valence-electron chi connectivity index (χ2n) is 4.50. The van der Waals surface area contributed by atoms with E-state index >= 15 is 0 Å². The lowest BCUT2D eigenvalue weighted by Gasteiger charge is -2.09. The molecule has 120 valence electrons. The Morgan fingerprint density at radius 1 is 1.00 bits per heavy atom. The summed E-state index contributed by atoms with van der Waals surface area (Å²) < 4.78 is 18.2. The molecule has 1 aromatic heterocycles. The van der Waals surface area contributed by atoms with E-state index in [2.05, 4.69) is 0 Å². The van der Waals surface area contributed by atoms with Crippen molar-refractivity contribution < 1.29 is 14.2 Å². The molecular formula is C14H24N2O5.